The third kappa shape index (κ3) is 2.22. The van der Waals surface area contributed by atoms with Gasteiger partial charge < -0.3 is 15.3 Å². The number of fused-ring (bicyclic) bond motifs is 1. The van der Waals surface area contributed by atoms with E-state index in [1.54, 1.807) is 6.07 Å². The molecule has 1 heterocycles. The van der Waals surface area contributed by atoms with Gasteiger partial charge >= 0.3 is 0 Å². The van der Waals surface area contributed by atoms with E-state index >= 15 is 0 Å². The van der Waals surface area contributed by atoms with Crippen LogP contribution in [0.15, 0.2) is 12.3 Å². The molecule has 0 aliphatic heterocycles. The Hall–Kier alpha value is -1.30. The first-order chi connectivity index (χ1) is 8.15. The molecule has 0 aromatic carbocycles. The number of hydrogen-bond acceptors (Lipinski definition) is 5. The van der Waals surface area contributed by atoms with Gasteiger partial charge in [0.15, 0.2) is 5.78 Å². The second-order valence-electron chi connectivity index (χ2n) is 4.20. The van der Waals surface area contributed by atoms with Crippen LogP contribution < -0.4 is 0 Å². The van der Waals surface area contributed by atoms with Crippen LogP contribution in [0.2, 0.25) is 0 Å². The first kappa shape index (κ1) is 12.2. The highest BCUT2D eigenvalue weighted by Gasteiger charge is 2.26. The number of pyridine rings is 1. The molecule has 0 fully saturated rings. The molecule has 1 aliphatic rings. The number of carbonyl (C=O) groups is 1. The fourth-order valence-electron chi connectivity index (χ4n) is 2.14. The summed E-state index contributed by atoms with van der Waals surface area (Å²) in [5.74, 6) is -0.0289. The molecule has 5 nitrogen and oxygen atoms in total. The van der Waals surface area contributed by atoms with Crippen molar-refractivity contribution in [3.05, 3.63) is 29.1 Å². The molecule has 0 spiro atoms. The Labute approximate surface area is 98.7 Å². The van der Waals surface area contributed by atoms with Crippen molar-refractivity contribution in [2.75, 3.05) is 6.61 Å². The van der Waals surface area contributed by atoms with Crippen LogP contribution in [-0.2, 0) is 6.42 Å². The van der Waals surface area contributed by atoms with Crippen LogP contribution in [0.1, 0.15) is 40.6 Å². The summed E-state index contributed by atoms with van der Waals surface area (Å²) in [6.45, 7) is -0.522. The molecule has 5 heteroatoms. The van der Waals surface area contributed by atoms with E-state index in [0.29, 0.717) is 29.7 Å². The number of carbonyl (C=O) groups excluding carboxylic acids is 1. The van der Waals surface area contributed by atoms with E-state index in [1.165, 1.54) is 6.20 Å². The maximum Gasteiger partial charge on any atom is 0.181 e. The van der Waals surface area contributed by atoms with Crippen LogP contribution in [0, 0.1) is 0 Å². The second kappa shape index (κ2) is 4.91. The average molecular weight is 237 g/mol. The quantitative estimate of drug-likeness (QED) is 0.687. The third-order valence-electron chi connectivity index (χ3n) is 3.06. The minimum Gasteiger partial charge on any atom is -0.394 e. The summed E-state index contributed by atoms with van der Waals surface area (Å²) >= 11 is 0. The molecule has 0 saturated carbocycles. The third-order valence-corrected chi connectivity index (χ3v) is 3.06. The number of aliphatic hydroxyl groups excluding tert-OH is 3. The lowest BCUT2D eigenvalue weighted by Crippen LogP contribution is -2.25. The molecule has 2 atom stereocenters. The van der Waals surface area contributed by atoms with Crippen molar-refractivity contribution in [3.63, 3.8) is 0 Å². The van der Waals surface area contributed by atoms with Gasteiger partial charge in [0.2, 0.25) is 0 Å². The summed E-state index contributed by atoms with van der Waals surface area (Å²) in [7, 11) is 0. The van der Waals surface area contributed by atoms with Crippen LogP contribution in [-0.4, -0.2) is 38.8 Å². The van der Waals surface area contributed by atoms with Crippen LogP contribution in [0.3, 0.4) is 0 Å². The van der Waals surface area contributed by atoms with Crippen LogP contribution in [0.5, 0.6) is 0 Å². The zero-order valence-corrected chi connectivity index (χ0v) is 9.33. The Bertz CT molecular complexity index is 433. The zero-order valence-electron chi connectivity index (χ0n) is 9.33. The van der Waals surface area contributed by atoms with Gasteiger partial charge in [-0.2, -0.15) is 0 Å². The number of nitrogens with zero attached hydrogens (tertiary/aromatic N) is 1. The first-order valence-electron chi connectivity index (χ1n) is 5.63. The van der Waals surface area contributed by atoms with E-state index in [0.717, 1.165) is 6.42 Å². The molecule has 1 aromatic heterocycles. The monoisotopic (exact) mass is 237 g/mol. The van der Waals surface area contributed by atoms with Gasteiger partial charge in [0.1, 0.15) is 17.9 Å². The minimum absolute atomic E-state index is 0.0289. The lowest BCUT2D eigenvalue weighted by atomic mass is 9.88. The van der Waals surface area contributed by atoms with E-state index in [-0.39, 0.29) is 5.78 Å². The van der Waals surface area contributed by atoms with Crippen molar-refractivity contribution in [2.24, 2.45) is 0 Å². The Morgan fingerprint density at radius 1 is 1.35 bits per heavy atom. The molecular weight excluding hydrogens is 222 g/mol. The Kier molecular flexibility index (Phi) is 3.51. The largest absolute Gasteiger partial charge is 0.394 e. The molecular formula is C12H15NO4. The zero-order chi connectivity index (χ0) is 12.4. The molecule has 0 radical (unpaired) electrons. The molecule has 17 heavy (non-hydrogen) atoms. The molecule has 0 saturated heterocycles. The molecule has 0 amide bonds. The normalized spacial score (nSPS) is 18.6. The number of rotatable bonds is 3. The van der Waals surface area contributed by atoms with Crippen molar-refractivity contribution < 1.29 is 20.1 Å². The molecule has 3 N–H and O–H groups in total. The van der Waals surface area contributed by atoms with Crippen molar-refractivity contribution in [3.8, 4) is 0 Å². The second-order valence-corrected chi connectivity index (χ2v) is 4.20. The Balaban J connectivity index is 2.42. The van der Waals surface area contributed by atoms with Gasteiger partial charge in [0.25, 0.3) is 0 Å². The smallest absolute Gasteiger partial charge is 0.181 e. The molecule has 2 unspecified atom stereocenters. The SMILES string of the molecule is O=C1CCCc2c(C(O)C(O)CO)ccnc21. The number of ketones is 1. The highest BCUT2D eigenvalue weighted by molar-refractivity contribution is 5.96. The van der Waals surface area contributed by atoms with Crippen molar-refractivity contribution in [1.82, 2.24) is 4.98 Å². The standard InChI is InChI=1S/C12H15NO4/c14-6-10(16)12(17)8-4-5-13-11-7(8)2-1-3-9(11)15/h4-5,10,12,14,16-17H,1-3,6H2. The Morgan fingerprint density at radius 3 is 2.82 bits per heavy atom. The Morgan fingerprint density at radius 2 is 2.12 bits per heavy atom. The van der Waals surface area contributed by atoms with Crippen LogP contribution in [0.4, 0.5) is 0 Å². The van der Waals surface area contributed by atoms with Crippen molar-refractivity contribution >= 4 is 5.78 Å². The number of aliphatic hydroxyl groups is 3. The van der Waals surface area contributed by atoms with Gasteiger partial charge in [-0.05, 0) is 30.0 Å². The van der Waals surface area contributed by atoms with Gasteiger partial charge in [-0.1, -0.05) is 0 Å². The fourth-order valence-corrected chi connectivity index (χ4v) is 2.14. The summed E-state index contributed by atoms with van der Waals surface area (Å²) < 4.78 is 0. The van der Waals surface area contributed by atoms with Gasteiger partial charge in [-0.25, -0.2) is 0 Å². The average Bonchev–Trinajstić information content (AvgIpc) is 2.37. The summed E-state index contributed by atoms with van der Waals surface area (Å²) in [5, 5.41) is 28.2. The lowest BCUT2D eigenvalue weighted by Gasteiger charge is -2.22. The summed E-state index contributed by atoms with van der Waals surface area (Å²) in [6, 6.07) is 1.58. The number of hydrogen-bond donors (Lipinski definition) is 3. The highest BCUT2D eigenvalue weighted by Crippen LogP contribution is 2.28. The summed E-state index contributed by atoms with van der Waals surface area (Å²) in [6.07, 6.45) is 0.903. The predicted octanol–water partition coefficient (Wildman–Crippen LogP) is -0.0128. The lowest BCUT2D eigenvalue weighted by molar-refractivity contribution is -0.0157. The van der Waals surface area contributed by atoms with Gasteiger partial charge in [-0.15, -0.1) is 0 Å². The predicted molar refractivity (Wildman–Crippen MR) is 59.6 cm³/mol. The van der Waals surface area contributed by atoms with Gasteiger partial charge in [0.05, 0.1) is 6.61 Å². The summed E-state index contributed by atoms with van der Waals surface area (Å²) in [5.41, 5.74) is 1.58. The molecule has 2 rings (SSSR count). The number of Topliss-reactive ketones (excluding diaryl/α,β-unsaturated/α-hetero) is 1. The maximum absolute atomic E-state index is 11.6. The van der Waals surface area contributed by atoms with E-state index < -0.39 is 18.8 Å². The molecule has 1 aromatic rings. The van der Waals surface area contributed by atoms with Gasteiger partial charge in [-0.3, -0.25) is 9.78 Å². The van der Waals surface area contributed by atoms with Crippen molar-refractivity contribution in [1.29, 1.82) is 0 Å². The van der Waals surface area contributed by atoms with E-state index in [1.807, 2.05) is 0 Å². The molecule has 92 valence electrons. The molecule has 0 bridgehead atoms. The van der Waals surface area contributed by atoms with E-state index in [4.69, 9.17) is 5.11 Å². The highest BCUT2D eigenvalue weighted by atomic mass is 16.4. The topological polar surface area (TPSA) is 90.7 Å². The maximum atomic E-state index is 11.6. The summed E-state index contributed by atoms with van der Waals surface area (Å²) in [4.78, 5) is 15.7. The number of aromatic nitrogens is 1. The first-order valence-corrected chi connectivity index (χ1v) is 5.63. The van der Waals surface area contributed by atoms with E-state index in [2.05, 4.69) is 4.98 Å². The van der Waals surface area contributed by atoms with Gasteiger partial charge in [0, 0.05) is 12.6 Å². The van der Waals surface area contributed by atoms with Crippen molar-refractivity contribution in [2.45, 2.75) is 31.5 Å². The van der Waals surface area contributed by atoms with Crippen LogP contribution in [0.25, 0.3) is 0 Å². The minimum atomic E-state index is -1.24. The van der Waals surface area contributed by atoms with Crippen LogP contribution >= 0.6 is 0 Å². The van der Waals surface area contributed by atoms with E-state index in [9.17, 15) is 15.0 Å². The fraction of sp³-hybridized carbons (Fsp3) is 0.500. The molecule has 1 aliphatic carbocycles.